The third-order valence-electron chi connectivity index (χ3n) is 6.67. The van der Waals surface area contributed by atoms with Gasteiger partial charge in [0.1, 0.15) is 17.8 Å². The number of β-amino-alcohol motifs (C(OH)–C–C–N with tert-alkyl or cyclic N) is 1. The van der Waals surface area contributed by atoms with Gasteiger partial charge in [-0.2, -0.15) is 0 Å². The van der Waals surface area contributed by atoms with E-state index >= 15 is 0 Å². The number of nitrogens with one attached hydrogen (secondary N) is 2. The summed E-state index contributed by atoms with van der Waals surface area (Å²) >= 11 is 0. The molecule has 186 valence electrons. The van der Waals surface area contributed by atoms with Crippen LogP contribution in [0.3, 0.4) is 0 Å². The predicted molar refractivity (Wildman–Crippen MR) is 132 cm³/mol. The maximum atomic E-state index is 12.6. The Morgan fingerprint density at radius 3 is 2.80 bits per heavy atom. The van der Waals surface area contributed by atoms with E-state index in [0.717, 1.165) is 32.4 Å². The summed E-state index contributed by atoms with van der Waals surface area (Å²) in [5, 5.41) is 16.7. The van der Waals surface area contributed by atoms with Gasteiger partial charge in [-0.25, -0.2) is 9.97 Å². The number of nitrogens with zero attached hydrogens (tertiary/aromatic N) is 5. The maximum absolute atomic E-state index is 12.6. The fraction of sp³-hybridized carbons (Fsp3) is 0.480. The molecule has 2 aromatic heterocycles. The fourth-order valence-electron chi connectivity index (χ4n) is 4.48. The van der Waals surface area contributed by atoms with Gasteiger partial charge in [-0.15, -0.1) is 0 Å². The molecule has 0 radical (unpaired) electrons. The molecule has 4 heterocycles. The average Bonchev–Trinajstić information content (AvgIpc) is 2.87. The summed E-state index contributed by atoms with van der Waals surface area (Å²) in [4.78, 5) is 40.6. The molecule has 2 aromatic rings. The number of aliphatic hydroxyl groups is 1. The van der Waals surface area contributed by atoms with Gasteiger partial charge in [0.2, 0.25) is 5.91 Å². The van der Waals surface area contributed by atoms with E-state index in [9.17, 15) is 14.7 Å². The minimum Gasteiger partial charge on any atom is -0.387 e. The van der Waals surface area contributed by atoms with E-state index in [-0.39, 0.29) is 30.1 Å². The molecule has 2 amide bonds. The molecule has 0 saturated carbocycles. The van der Waals surface area contributed by atoms with Crippen LogP contribution in [0, 0.1) is 0 Å². The molecule has 2 aliphatic heterocycles. The van der Waals surface area contributed by atoms with Crippen LogP contribution in [-0.2, 0) is 17.8 Å². The number of carbonyl (C=O) groups excluding carboxylic acids is 2. The predicted octanol–water partition coefficient (Wildman–Crippen LogP) is 1.000. The normalized spacial score (nSPS) is 17.4. The Kier molecular flexibility index (Phi) is 8.04. The van der Waals surface area contributed by atoms with E-state index < -0.39 is 6.10 Å². The second-order valence-electron chi connectivity index (χ2n) is 9.20. The Morgan fingerprint density at radius 1 is 1.23 bits per heavy atom. The van der Waals surface area contributed by atoms with Gasteiger partial charge in [0.25, 0.3) is 5.91 Å². The van der Waals surface area contributed by atoms with Crippen molar-refractivity contribution in [2.75, 3.05) is 38.0 Å². The topological polar surface area (TPSA) is 124 Å². The van der Waals surface area contributed by atoms with Gasteiger partial charge in [-0.1, -0.05) is 6.58 Å². The largest absolute Gasteiger partial charge is 0.387 e. The SMILES string of the molecule is C=C(CNC(=O)c1cc(NC2CCN(C(C)=O)CC2)ncn1)[C@H](O)CN1CCc2ccncc2C1. The summed E-state index contributed by atoms with van der Waals surface area (Å²) in [6, 6.07) is 3.84. The lowest BCUT2D eigenvalue weighted by atomic mass is 10.0. The van der Waals surface area contributed by atoms with Crippen LogP contribution >= 0.6 is 0 Å². The van der Waals surface area contributed by atoms with Crippen molar-refractivity contribution in [3.63, 3.8) is 0 Å². The molecule has 10 heteroatoms. The standard InChI is InChI=1S/C25H33N7O3/c1-17(23(34)15-31-8-4-19-3-7-26-13-20(19)14-31)12-27-25(35)22-11-24(29-16-28-22)30-21-5-9-32(10-6-21)18(2)33/h3,7,11,13,16,21,23,34H,1,4-6,8-10,12,14-15H2,2H3,(H,27,35)(H,28,29,30)/t23-/m1/s1. The Labute approximate surface area is 205 Å². The van der Waals surface area contributed by atoms with Crippen LogP contribution in [0.4, 0.5) is 5.82 Å². The number of amides is 2. The van der Waals surface area contributed by atoms with Gasteiger partial charge in [-0.05, 0) is 42.0 Å². The van der Waals surface area contributed by atoms with Crippen molar-refractivity contribution in [2.24, 2.45) is 0 Å². The molecule has 2 aliphatic rings. The molecule has 0 bridgehead atoms. The highest BCUT2D eigenvalue weighted by Crippen LogP contribution is 2.19. The Bertz CT molecular complexity index is 1070. The van der Waals surface area contributed by atoms with Gasteiger partial charge >= 0.3 is 0 Å². The number of likely N-dealkylation sites (tertiary alicyclic amines) is 1. The fourth-order valence-corrected chi connectivity index (χ4v) is 4.48. The summed E-state index contributed by atoms with van der Waals surface area (Å²) in [7, 11) is 0. The number of rotatable bonds is 8. The van der Waals surface area contributed by atoms with E-state index in [1.165, 1.54) is 17.5 Å². The zero-order valence-electron chi connectivity index (χ0n) is 20.1. The highest BCUT2D eigenvalue weighted by atomic mass is 16.3. The first-order valence-corrected chi connectivity index (χ1v) is 12.0. The quantitative estimate of drug-likeness (QED) is 0.479. The lowest BCUT2D eigenvalue weighted by Crippen LogP contribution is -2.41. The van der Waals surface area contributed by atoms with Crippen LogP contribution < -0.4 is 10.6 Å². The number of piperidine rings is 1. The minimum atomic E-state index is -0.753. The number of fused-ring (bicyclic) bond motifs is 1. The smallest absolute Gasteiger partial charge is 0.270 e. The van der Waals surface area contributed by atoms with Crippen LogP contribution in [0.15, 0.2) is 43.0 Å². The third kappa shape index (κ3) is 6.61. The number of pyridine rings is 1. The Morgan fingerprint density at radius 2 is 2.03 bits per heavy atom. The number of hydrogen-bond donors (Lipinski definition) is 3. The highest BCUT2D eigenvalue weighted by Gasteiger charge is 2.22. The highest BCUT2D eigenvalue weighted by molar-refractivity contribution is 5.93. The molecule has 0 spiro atoms. The lowest BCUT2D eigenvalue weighted by Gasteiger charge is -2.31. The van der Waals surface area contributed by atoms with Crippen molar-refractivity contribution in [3.05, 3.63) is 59.8 Å². The average molecular weight is 480 g/mol. The zero-order chi connectivity index (χ0) is 24.8. The van der Waals surface area contributed by atoms with Crippen molar-refractivity contribution >= 4 is 17.6 Å². The summed E-state index contributed by atoms with van der Waals surface area (Å²) in [6.45, 7) is 9.17. The minimum absolute atomic E-state index is 0.0923. The number of anilines is 1. The molecule has 3 N–H and O–H groups in total. The molecular formula is C25H33N7O3. The first-order valence-electron chi connectivity index (χ1n) is 12.0. The van der Waals surface area contributed by atoms with Crippen LogP contribution in [-0.4, -0.2) is 86.5 Å². The summed E-state index contributed by atoms with van der Waals surface area (Å²) in [6.07, 6.45) is 6.86. The van der Waals surface area contributed by atoms with Gasteiger partial charge in [0.15, 0.2) is 0 Å². The van der Waals surface area contributed by atoms with Crippen LogP contribution in [0.2, 0.25) is 0 Å². The second kappa shape index (κ2) is 11.4. The van der Waals surface area contributed by atoms with Gasteiger partial charge in [-0.3, -0.25) is 19.5 Å². The molecule has 1 atom stereocenters. The molecular weight excluding hydrogens is 446 g/mol. The van der Waals surface area contributed by atoms with E-state index in [4.69, 9.17) is 0 Å². The summed E-state index contributed by atoms with van der Waals surface area (Å²) in [5.74, 6) is 0.313. The number of carbonyl (C=O) groups is 2. The first-order chi connectivity index (χ1) is 16.9. The third-order valence-corrected chi connectivity index (χ3v) is 6.67. The van der Waals surface area contributed by atoms with Crippen LogP contribution in [0.5, 0.6) is 0 Å². The van der Waals surface area contributed by atoms with E-state index in [1.807, 2.05) is 23.4 Å². The van der Waals surface area contributed by atoms with Gasteiger partial charge in [0, 0.05) is 70.7 Å². The summed E-state index contributed by atoms with van der Waals surface area (Å²) < 4.78 is 0. The zero-order valence-corrected chi connectivity index (χ0v) is 20.1. The second-order valence-corrected chi connectivity index (χ2v) is 9.20. The number of aliphatic hydroxyl groups excluding tert-OH is 1. The van der Waals surface area contributed by atoms with Crippen molar-refractivity contribution in [3.8, 4) is 0 Å². The molecule has 1 saturated heterocycles. The van der Waals surface area contributed by atoms with Crippen molar-refractivity contribution < 1.29 is 14.7 Å². The molecule has 0 aromatic carbocycles. The Hall–Kier alpha value is -3.37. The monoisotopic (exact) mass is 479 g/mol. The molecule has 10 nitrogen and oxygen atoms in total. The number of hydrogen-bond acceptors (Lipinski definition) is 8. The van der Waals surface area contributed by atoms with E-state index in [2.05, 4.69) is 37.1 Å². The Balaban J connectivity index is 1.23. The van der Waals surface area contributed by atoms with Crippen molar-refractivity contribution in [1.29, 1.82) is 0 Å². The van der Waals surface area contributed by atoms with Crippen LogP contribution in [0.25, 0.3) is 0 Å². The molecule has 4 rings (SSSR count). The van der Waals surface area contributed by atoms with Gasteiger partial charge < -0.3 is 20.6 Å². The molecule has 0 aliphatic carbocycles. The maximum Gasteiger partial charge on any atom is 0.270 e. The van der Waals surface area contributed by atoms with Crippen LogP contribution in [0.1, 0.15) is 41.4 Å². The molecule has 1 fully saturated rings. The van der Waals surface area contributed by atoms with E-state index in [1.54, 1.807) is 13.0 Å². The van der Waals surface area contributed by atoms with Gasteiger partial charge in [0.05, 0.1) is 6.10 Å². The van der Waals surface area contributed by atoms with E-state index in [0.29, 0.717) is 31.0 Å². The molecule has 0 unspecified atom stereocenters. The van der Waals surface area contributed by atoms with Crippen molar-refractivity contribution in [2.45, 2.75) is 44.9 Å². The number of aromatic nitrogens is 3. The lowest BCUT2D eigenvalue weighted by molar-refractivity contribution is -0.129. The van der Waals surface area contributed by atoms with Crippen molar-refractivity contribution in [1.82, 2.24) is 30.1 Å². The summed E-state index contributed by atoms with van der Waals surface area (Å²) in [5.41, 5.74) is 3.27. The molecule has 35 heavy (non-hydrogen) atoms. The first kappa shape index (κ1) is 24.7.